The fourth-order valence-electron chi connectivity index (χ4n) is 2.66. The van der Waals surface area contributed by atoms with E-state index in [2.05, 4.69) is 26.8 Å². The molecule has 0 aliphatic carbocycles. The summed E-state index contributed by atoms with van der Waals surface area (Å²) < 4.78 is 16.5. The second kappa shape index (κ2) is 6.56. The molecule has 0 spiro atoms. The van der Waals surface area contributed by atoms with Gasteiger partial charge < -0.3 is 19.3 Å². The maximum absolute atomic E-state index is 10.2. The Balaban J connectivity index is 1.75. The molecular formula is C16H28O4. The molecular weight excluding hydrogens is 256 g/mol. The van der Waals surface area contributed by atoms with Crippen LogP contribution in [0.1, 0.15) is 46.5 Å². The van der Waals surface area contributed by atoms with Crippen molar-refractivity contribution in [2.75, 3.05) is 13.7 Å². The molecule has 0 aromatic carbocycles. The van der Waals surface area contributed by atoms with E-state index < -0.39 is 6.10 Å². The first-order chi connectivity index (χ1) is 9.44. The minimum atomic E-state index is -0.436. The van der Waals surface area contributed by atoms with Crippen LogP contribution in [-0.2, 0) is 14.2 Å². The molecule has 2 aliphatic rings. The van der Waals surface area contributed by atoms with Gasteiger partial charge in [0, 0.05) is 13.5 Å². The molecule has 4 heteroatoms. The zero-order chi connectivity index (χ0) is 14.8. The van der Waals surface area contributed by atoms with Crippen LogP contribution in [0.4, 0.5) is 0 Å². The van der Waals surface area contributed by atoms with Crippen LogP contribution in [0.2, 0.25) is 0 Å². The van der Waals surface area contributed by atoms with Crippen LogP contribution < -0.4 is 0 Å². The highest BCUT2D eigenvalue weighted by molar-refractivity contribution is 5.07. The molecule has 5 unspecified atom stereocenters. The van der Waals surface area contributed by atoms with E-state index in [0.29, 0.717) is 6.10 Å². The lowest BCUT2D eigenvalue weighted by molar-refractivity contribution is -0.0316. The van der Waals surface area contributed by atoms with E-state index in [9.17, 15) is 5.11 Å². The van der Waals surface area contributed by atoms with Gasteiger partial charge in [0.25, 0.3) is 0 Å². The van der Waals surface area contributed by atoms with Crippen molar-refractivity contribution in [2.24, 2.45) is 0 Å². The molecule has 4 nitrogen and oxygen atoms in total. The Morgan fingerprint density at radius 1 is 1.50 bits per heavy atom. The Bertz CT molecular complexity index is 346. The lowest BCUT2D eigenvalue weighted by Gasteiger charge is -2.23. The van der Waals surface area contributed by atoms with Crippen molar-refractivity contribution in [1.29, 1.82) is 0 Å². The minimum absolute atomic E-state index is 0.149. The van der Waals surface area contributed by atoms with Crippen molar-refractivity contribution in [2.45, 2.75) is 76.5 Å². The normalized spacial score (nSPS) is 34.5. The average molecular weight is 284 g/mol. The third kappa shape index (κ3) is 4.55. The first-order valence-electron chi connectivity index (χ1n) is 7.58. The van der Waals surface area contributed by atoms with Gasteiger partial charge in [0.15, 0.2) is 0 Å². The van der Waals surface area contributed by atoms with Crippen molar-refractivity contribution < 1.29 is 19.3 Å². The number of allylic oxidation sites excluding steroid dienone is 1. The van der Waals surface area contributed by atoms with Gasteiger partial charge in [0.2, 0.25) is 0 Å². The number of aliphatic hydroxyl groups excluding tert-OH is 1. The molecule has 0 saturated carbocycles. The van der Waals surface area contributed by atoms with Gasteiger partial charge in [-0.25, -0.2) is 0 Å². The molecule has 2 aliphatic heterocycles. The highest BCUT2D eigenvalue weighted by Crippen LogP contribution is 2.43. The summed E-state index contributed by atoms with van der Waals surface area (Å²) in [6.45, 7) is 7.15. The summed E-state index contributed by atoms with van der Waals surface area (Å²) in [5.41, 5.74) is 1.17. The van der Waals surface area contributed by atoms with Gasteiger partial charge in [-0.2, -0.15) is 0 Å². The Hall–Kier alpha value is -0.420. The van der Waals surface area contributed by atoms with Gasteiger partial charge in [-0.1, -0.05) is 11.6 Å². The van der Waals surface area contributed by atoms with Gasteiger partial charge in [-0.05, 0) is 40.0 Å². The van der Waals surface area contributed by atoms with Crippen LogP contribution >= 0.6 is 0 Å². The first kappa shape index (κ1) is 16.0. The lowest BCUT2D eigenvalue weighted by Crippen LogP contribution is -2.33. The average Bonchev–Trinajstić information content (AvgIpc) is 3.29. The van der Waals surface area contributed by atoms with Crippen molar-refractivity contribution in [1.82, 2.24) is 0 Å². The molecule has 2 saturated heterocycles. The Morgan fingerprint density at radius 3 is 2.75 bits per heavy atom. The molecule has 0 bridgehead atoms. The van der Waals surface area contributed by atoms with Crippen molar-refractivity contribution >= 4 is 0 Å². The molecule has 116 valence electrons. The number of epoxide rings is 2. The molecule has 2 heterocycles. The van der Waals surface area contributed by atoms with Crippen molar-refractivity contribution in [3.63, 3.8) is 0 Å². The molecule has 0 radical (unpaired) electrons. The Morgan fingerprint density at radius 2 is 2.20 bits per heavy atom. The van der Waals surface area contributed by atoms with Gasteiger partial charge in [-0.3, -0.25) is 0 Å². The first-order valence-corrected chi connectivity index (χ1v) is 7.58. The number of ether oxygens (including phenoxy) is 3. The molecule has 5 atom stereocenters. The maximum atomic E-state index is 10.2. The largest absolute Gasteiger partial charge is 0.390 e. The van der Waals surface area contributed by atoms with E-state index in [4.69, 9.17) is 14.2 Å². The van der Waals surface area contributed by atoms with Gasteiger partial charge in [-0.15, -0.1) is 0 Å². The summed E-state index contributed by atoms with van der Waals surface area (Å²) in [6, 6.07) is 0. The number of hydrogen-bond acceptors (Lipinski definition) is 4. The zero-order valence-electron chi connectivity index (χ0n) is 13.1. The predicted molar refractivity (Wildman–Crippen MR) is 77.7 cm³/mol. The van der Waals surface area contributed by atoms with Crippen molar-refractivity contribution in [3.05, 3.63) is 11.6 Å². The molecule has 1 N–H and O–H groups in total. The summed E-state index contributed by atoms with van der Waals surface area (Å²) in [7, 11) is 1.67. The zero-order valence-corrected chi connectivity index (χ0v) is 13.1. The lowest BCUT2D eigenvalue weighted by atomic mass is 9.93. The number of methoxy groups -OCH3 is 1. The van der Waals surface area contributed by atoms with Crippen LogP contribution in [0.25, 0.3) is 0 Å². The third-order valence-corrected chi connectivity index (χ3v) is 4.30. The van der Waals surface area contributed by atoms with Crippen molar-refractivity contribution in [3.8, 4) is 0 Å². The SMILES string of the molecule is COC(CC1(C)OC1CC=C(C)C)C(O)CCC1CO1. The fourth-order valence-corrected chi connectivity index (χ4v) is 2.66. The summed E-state index contributed by atoms with van der Waals surface area (Å²) in [4.78, 5) is 0. The molecule has 0 amide bonds. The van der Waals surface area contributed by atoms with Crippen LogP contribution in [-0.4, -0.2) is 48.8 Å². The molecule has 2 rings (SSSR count). The van der Waals surface area contributed by atoms with E-state index in [1.54, 1.807) is 7.11 Å². The van der Waals surface area contributed by atoms with Crippen LogP contribution in [0.5, 0.6) is 0 Å². The summed E-state index contributed by atoms with van der Waals surface area (Å²) >= 11 is 0. The minimum Gasteiger partial charge on any atom is -0.390 e. The van der Waals surface area contributed by atoms with E-state index in [0.717, 1.165) is 32.3 Å². The quantitative estimate of drug-likeness (QED) is 0.522. The standard InChI is InChI=1S/C16H28O4/c1-11(2)5-8-15-16(3,20-15)9-14(18-4)13(17)7-6-12-10-19-12/h5,12-15,17H,6-10H2,1-4H3. The van der Waals surface area contributed by atoms with Gasteiger partial charge >= 0.3 is 0 Å². The van der Waals surface area contributed by atoms with Crippen LogP contribution in [0, 0.1) is 0 Å². The summed E-state index contributed by atoms with van der Waals surface area (Å²) in [5.74, 6) is 0. The smallest absolute Gasteiger partial charge is 0.0949 e. The number of aliphatic hydroxyl groups is 1. The van der Waals surface area contributed by atoms with Gasteiger partial charge in [0.1, 0.15) is 0 Å². The summed E-state index contributed by atoms with van der Waals surface area (Å²) in [5, 5.41) is 10.2. The number of rotatable bonds is 9. The highest BCUT2D eigenvalue weighted by atomic mass is 16.6. The molecule has 0 aromatic rings. The predicted octanol–water partition coefficient (Wildman–Crippen LogP) is 2.45. The van der Waals surface area contributed by atoms with E-state index in [1.807, 2.05) is 0 Å². The summed E-state index contributed by atoms with van der Waals surface area (Å²) in [6.07, 6.45) is 5.58. The second-order valence-electron chi connectivity index (χ2n) is 6.51. The topological polar surface area (TPSA) is 54.5 Å². The monoisotopic (exact) mass is 284 g/mol. The highest BCUT2D eigenvalue weighted by Gasteiger charge is 2.53. The molecule has 2 fully saturated rings. The number of hydrogen-bond donors (Lipinski definition) is 1. The second-order valence-corrected chi connectivity index (χ2v) is 6.51. The van der Waals surface area contributed by atoms with E-state index in [1.165, 1.54) is 5.57 Å². The van der Waals surface area contributed by atoms with Crippen LogP contribution in [0.15, 0.2) is 11.6 Å². The Kier molecular flexibility index (Phi) is 5.24. The third-order valence-electron chi connectivity index (χ3n) is 4.30. The van der Waals surface area contributed by atoms with E-state index >= 15 is 0 Å². The molecule has 0 aromatic heterocycles. The van der Waals surface area contributed by atoms with E-state index in [-0.39, 0.29) is 17.8 Å². The molecule has 20 heavy (non-hydrogen) atoms. The fraction of sp³-hybridized carbons (Fsp3) is 0.875. The maximum Gasteiger partial charge on any atom is 0.0949 e. The van der Waals surface area contributed by atoms with Gasteiger partial charge in [0.05, 0.1) is 36.6 Å². The Labute approximate surface area is 122 Å². The van der Waals surface area contributed by atoms with Crippen LogP contribution in [0.3, 0.4) is 0 Å².